The first-order valence-corrected chi connectivity index (χ1v) is 13.2. The van der Waals surface area contributed by atoms with E-state index in [4.69, 9.17) is 9.15 Å². The molecule has 0 bridgehead atoms. The summed E-state index contributed by atoms with van der Waals surface area (Å²) in [5, 5.41) is 12.8. The van der Waals surface area contributed by atoms with E-state index in [1.807, 2.05) is 49.4 Å². The largest absolute Gasteiger partial charge is 0.443 e. The summed E-state index contributed by atoms with van der Waals surface area (Å²) in [7, 11) is 0. The van der Waals surface area contributed by atoms with Crippen LogP contribution in [0.4, 0.5) is 29.9 Å². The van der Waals surface area contributed by atoms with Crippen molar-refractivity contribution in [3.63, 3.8) is 0 Å². The quantitative estimate of drug-likeness (QED) is 0.356. The number of benzene rings is 2. The number of aliphatic imine (C=N–C) groups is 1. The Labute approximate surface area is 229 Å². The van der Waals surface area contributed by atoms with Crippen molar-refractivity contribution in [3.8, 4) is 11.6 Å². The average molecular weight is 570 g/mol. The van der Waals surface area contributed by atoms with Crippen LogP contribution in [0.2, 0.25) is 0 Å². The number of ether oxygens (including phenoxy) is 1. The Morgan fingerprint density at radius 3 is 2.65 bits per heavy atom. The summed E-state index contributed by atoms with van der Waals surface area (Å²) < 4.78 is 52.0. The van der Waals surface area contributed by atoms with Crippen molar-refractivity contribution in [3.05, 3.63) is 70.7 Å². The number of carbonyl (C=O) groups excluding carboxylic acids is 1. The minimum absolute atomic E-state index is 0.0850. The van der Waals surface area contributed by atoms with Gasteiger partial charge in [-0.15, -0.1) is 5.10 Å². The maximum absolute atomic E-state index is 13.6. The van der Waals surface area contributed by atoms with Crippen molar-refractivity contribution in [2.45, 2.75) is 25.4 Å². The lowest BCUT2D eigenvalue weighted by atomic mass is 10.0. The van der Waals surface area contributed by atoms with Gasteiger partial charge < -0.3 is 24.7 Å². The number of alkyl halides is 3. The van der Waals surface area contributed by atoms with Gasteiger partial charge in [0.05, 0.1) is 24.1 Å². The number of aromatic nitrogens is 3. The van der Waals surface area contributed by atoms with Gasteiger partial charge in [0.25, 0.3) is 11.8 Å². The highest BCUT2D eigenvalue weighted by Crippen LogP contribution is 2.43. The van der Waals surface area contributed by atoms with Gasteiger partial charge in [-0.3, -0.25) is 4.79 Å². The number of hydrogen-bond acceptors (Lipinski definition) is 10. The smallest absolute Gasteiger partial charge is 0.402 e. The molecule has 2 aromatic carbocycles. The molecule has 2 N–H and O–H groups in total. The lowest BCUT2D eigenvalue weighted by Gasteiger charge is -2.31. The van der Waals surface area contributed by atoms with Gasteiger partial charge in [0.1, 0.15) is 5.00 Å². The topological polar surface area (TPSA) is 118 Å². The third kappa shape index (κ3) is 5.14. The summed E-state index contributed by atoms with van der Waals surface area (Å²) >= 11 is 0.509. The van der Waals surface area contributed by atoms with Gasteiger partial charge in [-0.2, -0.15) is 13.2 Å². The zero-order chi connectivity index (χ0) is 27.9. The summed E-state index contributed by atoms with van der Waals surface area (Å²) in [6.45, 7) is 2.96. The molecule has 0 radical (unpaired) electrons. The molecular weight excluding hydrogens is 547 g/mol. The molecule has 2 aromatic heterocycles. The van der Waals surface area contributed by atoms with Gasteiger partial charge in [0.2, 0.25) is 11.2 Å². The molecule has 10 nitrogen and oxygen atoms in total. The van der Waals surface area contributed by atoms with E-state index >= 15 is 0 Å². The highest BCUT2D eigenvalue weighted by atomic mass is 32.1. The highest BCUT2D eigenvalue weighted by molar-refractivity contribution is 7.16. The monoisotopic (exact) mass is 569 g/mol. The van der Waals surface area contributed by atoms with Crippen molar-refractivity contribution >= 4 is 39.7 Å². The molecule has 4 aromatic rings. The number of morpholine rings is 1. The van der Waals surface area contributed by atoms with Crippen molar-refractivity contribution < 1.29 is 27.1 Å². The number of carbonyl (C=O) groups is 1. The first kappa shape index (κ1) is 26.0. The molecule has 0 aliphatic carbocycles. The fourth-order valence-electron chi connectivity index (χ4n) is 4.46. The van der Waals surface area contributed by atoms with Crippen LogP contribution in [0.1, 0.15) is 23.1 Å². The van der Waals surface area contributed by atoms with E-state index in [0.717, 1.165) is 11.1 Å². The Kier molecular flexibility index (Phi) is 6.72. The van der Waals surface area contributed by atoms with Crippen LogP contribution in [0.3, 0.4) is 0 Å². The lowest BCUT2D eigenvalue weighted by molar-refractivity contribution is -0.137. The van der Waals surface area contributed by atoms with E-state index in [9.17, 15) is 18.0 Å². The van der Waals surface area contributed by atoms with Crippen LogP contribution < -0.4 is 15.5 Å². The molecule has 0 spiro atoms. The van der Waals surface area contributed by atoms with Crippen LogP contribution in [0.5, 0.6) is 0 Å². The molecule has 40 heavy (non-hydrogen) atoms. The Morgan fingerprint density at radius 1 is 1.10 bits per heavy atom. The predicted octanol–water partition coefficient (Wildman–Crippen LogP) is 4.66. The van der Waals surface area contributed by atoms with Crippen molar-refractivity contribution in [1.82, 2.24) is 15.2 Å². The zero-order valence-corrected chi connectivity index (χ0v) is 21.8. The summed E-state index contributed by atoms with van der Waals surface area (Å²) in [6.07, 6.45) is -5.99. The van der Waals surface area contributed by atoms with Crippen LogP contribution in [0.15, 0.2) is 64.0 Å². The molecule has 2 aliphatic heterocycles. The number of hydrogen-bond donors (Lipinski definition) is 2. The number of nitrogens with one attached hydrogen (secondary N) is 2. The SMILES string of the molecule is C[C@H]1CN(c2sc(C(F)(F)F)nc2-c2nnc(NC3N=C(c4ccccc4)c4ccccc4NC3=O)o2)CCO1. The van der Waals surface area contributed by atoms with Gasteiger partial charge in [-0.25, -0.2) is 9.98 Å². The Balaban J connectivity index is 1.33. The van der Waals surface area contributed by atoms with Crippen LogP contribution >= 0.6 is 11.3 Å². The van der Waals surface area contributed by atoms with Crippen LogP contribution in [0, 0.1) is 0 Å². The number of anilines is 3. The van der Waals surface area contributed by atoms with E-state index in [1.54, 1.807) is 17.0 Å². The van der Waals surface area contributed by atoms with Gasteiger partial charge in [-0.1, -0.05) is 65.0 Å². The van der Waals surface area contributed by atoms with E-state index in [2.05, 4.69) is 30.8 Å². The Morgan fingerprint density at radius 2 is 1.88 bits per heavy atom. The average Bonchev–Trinajstić information content (AvgIpc) is 3.56. The predicted molar refractivity (Wildman–Crippen MR) is 143 cm³/mol. The second-order valence-electron chi connectivity index (χ2n) is 9.14. The standard InChI is InChI=1S/C26H22F3N7O3S/c1-14-13-36(11-12-38-14)23-19(32-24(40-23)26(27,28)29)22-34-35-25(39-22)33-20-21(37)30-17-10-6-5-9-16(17)18(31-20)15-7-3-2-4-8-15/h2-10,14,20H,11-13H2,1H3,(H,30,37)(H,33,35)/t14-,20?/m0/s1. The number of amides is 1. The minimum atomic E-state index is -4.65. The Hall–Kier alpha value is -4.30. The number of para-hydroxylation sites is 1. The normalized spacial score (nSPS) is 19.4. The number of nitrogens with zero attached hydrogens (tertiary/aromatic N) is 5. The first-order valence-electron chi connectivity index (χ1n) is 12.3. The molecule has 1 saturated heterocycles. The second-order valence-corrected chi connectivity index (χ2v) is 10.1. The number of rotatable bonds is 5. The van der Waals surface area contributed by atoms with E-state index < -0.39 is 23.3 Å². The molecule has 4 heterocycles. The first-order chi connectivity index (χ1) is 19.3. The maximum atomic E-state index is 13.6. The van der Waals surface area contributed by atoms with Gasteiger partial charge >= 0.3 is 12.2 Å². The van der Waals surface area contributed by atoms with E-state index in [-0.39, 0.29) is 28.7 Å². The fraction of sp³-hybridized carbons (Fsp3) is 0.269. The van der Waals surface area contributed by atoms with Crippen LogP contribution in [-0.4, -0.2) is 58.8 Å². The third-order valence-electron chi connectivity index (χ3n) is 6.26. The molecule has 6 rings (SSSR count). The molecule has 14 heteroatoms. The van der Waals surface area contributed by atoms with Gasteiger partial charge in [0, 0.05) is 24.2 Å². The molecule has 2 aliphatic rings. The molecular formula is C26H22F3N7O3S. The number of fused-ring (bicyclic) bond motifs is 1. The molecule has 1 fully saturated rings. The molecule has 0 saturated carbocycles. The molecule has 2 atom stereocenters. The Bertz CT molecular complexity index is 1570. The summed E-state index contributed by atoms with van der Waals surface area (Å²) in [4.78, 5) is 23.3. The van der Waals surface area contributed by atoms with E-state index in [1.165, 1.54) is 0 Å². The highest BCUT2D eigenvalue weighted by Gasteiger charge is 2.39. The van der Waals surface area contributed by atoms with Crippen molar-refractivity contribution in [2.75, 3.05) is 35.2 Å². The maximum Gasteiger partial charge on any atom is 0.443 e. The van der Waals surface area contributed by atoms with Crippen molar-refractivity contribution in [2.24, 2.45) is 4.99 Å². The minimum Gasteiger partial charge on any atom is -0.402 e. The van der Waals surface area contributed by atoms with Crippen LogP contribution in [-0.2, 0) is 15.7 Å². The van der Waals surface area contributed by atoms with Gasteiger partial charge in [0.15, 0.2) is 5.69 Å². The molecule has 206 valence electrons. The summed E-state index contributed by atoms with van der Waals surface area (Å²) in [5.41, 5.74) is 2.57. The lowest BCUT2D eigenvalue weighted by Crippen LogP contribution is -2.40. The summed E-state index contributed by atoms with van der Waals surface area (Å²) in [5.74, 6) is -0.692. The number of halogens is 3. The number of thiazole rings is 1. The molecule has 1 amide bonds. The van der Waals surface area contributed by atoms with Gasteiger partial charge in [-0.05, 0) is 13.0 Å². The molecule has 1 unspecified atom stereocenters. The zero-order valence-electron chi connectivity index (χ0n) is 21.0. The van der Waals surface area contributed by atoms with Crippen LogP contribution in [0.25, 0.3) is 11.6 Å². The van der Waals surface area contributed by atoms with E-state index in [0.29, 0.717) is 42.4 Å². The van der Waals surface area contributed by atoms with Crippen molar-refractivity contribution in [1.29, 1.82) is 0 Å². The second kappa shape index (κ2) is 10.4. The number of benzodiazepines with no additional fused rings is 1. The summed E-state index contributed by atoms with van der Waals surface area (Å²) in [6, 6.07) is 16.4. The fourth-order valence-corrected chi connectivity index (χ4v) is 5.43. The third-order valence-corrected chi connectivity index (χ3v) is 7.42.